The molecule has 0 fully saturated rings. The summed E-state index contributed by atoms with van der Waals surface area (Å²) < 4.78 is 49.1. The Morgan fingerprint density at radius 1 is 1.39 bits per heavy atom. The summed E-state index contributed by atoms with van der Waals surface area (Å²) in [5.74, 6) is -1.81. The lowest BCUT2D eigenvalue weighted by Gasteiger charge is -2.13. The molecule has 0 aromatic carbocycles. The SMILES string of the molecule is COC(=O)c1cc(OC)c(OC(F)(F)F)nc1I. The number of pyridine rings is 1. The Balaban J connectivity index is 3.23. The van der Waals surface area contributed by atoms with Crippen molar-refractivity contribution in [2.45, 2.75) is 6.36 Å². The van der Waals surface area contributed by atoms with Crippen molar-refractivity contribution in [1.82, 2.24) is 4.98 Å². The first-order chi connectivity index (χ1) is 8.28. The maximum absolute atomic E-state index is 12.1. The molecule has 9 heteroatoms. The third-order valence-corrected chi connectivity index (χ3v) is 2.57. The maximum atomic E-state index is 12.1. The highest BCUT2D eigenvalue weighted by molar-refractivity contribution is 14.1. The van der Waals surface area contributed by atoms with E-state index in [9.17, 15) is 18.0 Å². The van der Waals surface area contributed by atoms with Gasteiger partial charge in [-0.3, -0.25) is 0 Å². The zero-order chi connectivity index (χ0) is 13.9. The number of alkyl halides is 3. The van der Waals surface area contributed by atoms with Gasteiger partial charge in [0.15, 0.2) is 5.75 Å². The smallest absolute Gasteiger partial charge is 0.491 e. The number of halogens is 4. The van der Waals surface area contributed by atoms with Gasteiger partial charge in [-0.25, -0.2) is 9.78 Å². The van der Waals surface area contributed by atoms with Crippen molar-refractivity contribution in [3.8, 4) is 11.6 Å². The Hall–Kier alpha value is -1.26. The van der Waals surface area contributed by atoms with E-state index in [1.54, 1.807) is 22.6 Å². The molecule has 0 saturated heterocycles. The number of carbonyl (C=O) groups is 1. The lowest BCUT2D eigenvalue weighted by molar-refractivity contribution is -0.276. The summed E-state index contributed by atoms with van der Waals surface area (Å²) in [5, 5.41) is 0. The van der Waals surface area contributed by atoms with Crippen LogP contribution in [0.3, 0.4) is 0 Å². The minimum Gasteiger partial charge on any atom is -0.491 e. The highest BCUT2D eigenvalue weighted by atomic mass is 127. The van der Waals surface area contributed by atoms with Crippen LogP contribution in [0.4, 0.5) is 13.2 Å². The Morgan fingerprint density at radius 3 is 2.44 bits per heavy atom. The summed E-state index contributed by atoms with van der Waals surface area (Å²) in [6, 6.07) is 1.07. The Morgan fingerprint density at radius 2 is 2.00 bits per heavy atom. The first-order valence-corrected chi connectivity index (χ1v) is 5.45. The summed E-state index contributed by atoms with van der Waals surface area (Å²) in [4.78, 5) is 14.8. The number of esters is 1. The van der Waals surface area contributed by atoms with Crippen LogP contribution in [0.5, 0.6) is 11.6 Å². The Labute approximate surface area is 113 Å². The molecule has 0 unspecified atom stereocenters. The normalized spacial score (nSPS) is 11.0. The largest absolute Gasteiger partial charge is 0.574 e. The molecule has 1 rings (SSSR count). The van der Waals surface area contributed by atoms with Gasteiger partial charge in [-0.15, -0.1) is 13.2 Å². The van der Waals surface area contributed by atoms with Gasteiger partial charge < -0.3 is 14.2 Å². The van der Waals surface area contributed by atoms with E-state index in [-0.39, 0.29) is 15.0 Å². The van der Waals surface area contributed by atoms with E-state index >= 15 is 0 Å². The molecule has 0 aliphatic heterocycles. The fraction of sp³-hybridized carbons (Fsp3) is 0.333. The number of ether oxygens (including phenoxy) is 3. The molecular weight excluding hydrogens is 370 g/mol. The van der Waals surface area contributed by atoms with Crippen LogP contribution in [0.15, 0.2) is 6.07 Å². The lowest BCUT2D eigenvalue weighted by atomic mass is 10.3. The summed E-state index contributed by atoms with van der Waals surface area (Å²) in [5.41, 5.74) is -0.00975. The van der Waals surface area contributed by atoms with Gasteiger partial charge >= 0.3 is 12.3 Å². The molecule has 0 aliphatic carbocycles. The van der Waals surface area contributed by atoms with E-state index in [1.165, 1.54) is 0 Å². The van der Waals surface area contributed by atoms with Crippen LogP contribution < -0.4 is 9.47 Å². The van der Waals surface area contributed by atoms with E-state index in [1.807, 2.05) is 0 Å². The predicted octanol–water partition coefficient (Wildman–Crippen LogP) is 2.38. The predicted molar refractivity (Wildman–Crippen MR) is 61.5 cm³/mol. The van der Waals surface area contributed by atoms with Gasteiger partial charge in [-0.1, -0.05) is 0 Å². The van der Waals surface area contributed by atoms with Gasteiger partial charge in [-0.2, -0.15) is 0 Å². The number of hydrogen-bond acceptors (Lipinski definition) is 5. The fourth-order valence-electron chi connectivity index (χ4n) is 1.04. The minimum atomic E-state index is -4.89. The second-order valence-corrected chi connectivity index (χ2v) is 3.90. The van der Waals surface area contributed by atoms with Gasteiger partial charge in [0, 0.05) is 6.07 Å². The molecule has 0 amide bonds. The van der Waals surface area contributed by atoms with Crippen molar-refractivity contribution >= 4 is 28.6 Å². The molecule has 0 spiro atoms. The molecule has 5 nitrogen and oxygen atoms in total. The van der Waals surface area contributed by atoms with Gasteiger partial charge in [0.05, 0.1) is 19.8 Å². The maximum Gasteiger partial charge on any atom is 0.574 e. The van der Waals surface area contributed by atoms with Crippen LogP contribution in [0, 0.1) is 3.70 Å². The molecule has 0 radical (unpaired) electrons. The van der Waals surface area contributed by atoms with Crippen molar-refractivity contribution < 1.29 is 32.2 Å². The van der Waals surface area contributed by atoms with Crippen LogP contribution in [-0.2, 0) is 4.74 Å². The third-order valence-electron chi connectivity index (χ3n) is 1.75. The van der Waals surface area contributed by atoms with E-state index in [0.29, 0.717) is 0 Å². The highest BCUT2D eigenvalue weighted by Gasteiger charge is 2.34. The lowest BCUT2D eigenvalue weighted by Crippen LogP contribution is -2.19. The summed E-state index contributed by atoms with van der Waals surface area (Å²) >= 11 is 1.59. The Bertz CT molecular complexity index is 464. The van der Waals surface area contributed by atoms with E-state index in [0.717, 1.165) is 20.3 Å². The van der Waals surface area contributed by atoms with Crippen molar-refractivity contribution in [2.24, 2.45) is 0 Å². The zero-order valence-corrected chi connectivity index (χ0v) is 11.3. The highest BCUT2D eigenvalue weighted by Crippen LogP contribution is 2.32. The van der Waals surface area contributed by atoms with Gasteiger partial charge in [0.1, 0.15) is 3.70 Å². The molecular formula is C9H7F3INO4. The molecule has 1 aromatic rings. The average Bonchev–Trinajstić information content (AvgIpc) is 2.26. The molecule has 0 bridgehead atoms. The molecule has 0 saturated carbocycles. The van der Waals surface area contributed by atoms with E-state index in [2.05, 4.69) is 19.2 Å². The zero-order valence-electron chi connectivity index (χ0n) is 9.17. The standard InChI is InChI=1S/C9H7F3INO4/c1-16-5-3-4(8(15)17-2)6(13)14-7(5)18-9(10,11)12/h3H,1-2H3. The van der Waals surface area contributed by atoms with Crippen molar-refractivity contribution in [2.75, 3.05) is 14.2 Å². The third kappa shape index (κ3) is 3.62. The number of carbonyl (C=O) groups excluding carboxylic acids is 1. The monoisotopic (exact) mass is 377 g/mol. The topological polar surface area (TPSA) is 57.7 Å². The quantitative estimate of drug-likeness (QED) is 0.460. The van der Waals surface area contributed by atoms with Gasteiger partial charge in [0.25, 0.3) is 5.88 Å². The van der Waals surface area contributed by atoms with Crippen LogP contribution in [0.2, 0.25) is 0 Å². The minimum absolute atomic E-state index is 0.00975. The van der Waals surface area contributed by atoms with Crippen LogP contribution >= 0.6 is 22.6 Å². The van der Waals surface area contributed by atoms with E-state index in [4.69, 9.17) is 0 Å². The fourth-order valence-corrected chi connectivity index (χ4v) is 1.63. The molecule has 100 valence electrons. The molecule has 1 aromatic heterocycles. The molecule has 0 aliphatic rings. The summed E-state index contributed by atoms with van der Waals surface area (Å²) in [6.07, 6.45) is -4.89. The number of methoxy groups -OCH3 is 2. The van der Waals surface area contributed by atoms with Crippen LogP contribution in [0.25, 0.3) is 0 Å². The molecule has 0 atom stereocenters. The molecule has 18 heavy (non-hydrogen) atoms. The number of nitrogens with zero attached hydrogens (tertiary/aromatic N) is 1. The van der Waals surface area contributed by atoms with Gasteiger partial charge in [0.2, 0.25) is 0 Å². The average molecular weight is 377 g/mol. The second-order valence-electron chi connectivity index (χ2n) is 2.87. The first kappa shape index (κ1) is 14.8. The van der Waals surface area contributed by atoms with Crippen LogP contribution in [0.1, 0.15) is 10.4 Å². The van der Waals surface area contributed by atoms with Crippen LogP contribution in [-0.4, -0.2) is 31.5 Å². The number of hydrogen-bond donors (Lipinski definition) is 0. The second kappa shape index (κ2) is 5.59. The molecule has 1 heterocycles. The molecule has 0 N–H and O–H groups in total. The number of rotatable bonds is 3. The summed E-state index contributed by atoms with van der Waals surface area (Å²) in [6.45, 7) is 0. The number of aromatic nitrogens is 1. The van der Waals surface area contributed by atoms with Gasteiger partial charge in [-0.05, 0) is 22.6 Å². The Kier molecular flexibility index (Phi) is 4.59. The van der Waals surface area contributed by atoms with Crippen molar-refractivity contribution in [1.29, 1.82) is 0 Å². The van der Waals surface area contributed by atoms with Crippen molar-refractivity contribution in [3.05, 3.63) is 15.3 Å². The van der Waals surface area contributed by atoms with E-state index < -0.39 is 18.2 Å². The first-order valence-electron chi connectivity index (χ1n) is 4.37. The van der Waals surface area contributed by atoms with Crippen molar-refractivity contribution in [3.63, 3.8) is 0 Å². The summed E-state index contributed by atoms with van der Waals surface area (Å²) in [7, 11) is 2.28.